The van der Waals surface area contributed by atoms with Crippen molar-refractivity contribution in [2.75, 3.05) is 18.6 Å². The number of amides is 1. The second kappa shape index (κ2) is 12.4. The molecule has 3 aromatic rings. The molecule has 1 unspecified atom stereocenters. The number of nitrogens with one attached hydrogen (secondary N) is 1. The van der Waals surface area contributed by atoms with Crippen molar-refractivity contribution < 1.29 is 23.5 Å². The molecule has 1 N–H and O–H groups in total. The molecule has 1 aromatic heterocycles. The monoisotopic (exact) mass is 496 g/mol. The highest BCUT2D eigenvalue weighted by atomic mass is 32.2. The Morgan fingerprint density at radius 1 is 1.06 bits per heavy atom. The van der Waals surface area contributed by atoms with Crippen LogP contribution in [0.15, 0.2) is 60.7 Å². The number of nitrogens with zero attached hydrogens (tertiary/aromatic N) is 1. The molecule has 0 saturated carbocycles. The molecule has 0 aliphatic rings. The minimum Gasteiger partial charge on any atom is -0.456 e. The average Bonchev–Trinajstić information content (AvgIpc) is 3.15. The number of esters is 1. The van der Waals surface area contributed by atoms with E-state index in [1.54, 1.807) is 60.3 Å². The first-order chi connectivity index (χ1) is 16.8. The molecule has 0 spiro atoms. The topological polar surface area (TPSA) is 77.4 Å². The minimum absolute atomic E-state index is 0.303. The third-order valence-corrected chi connectivity index (χ3v) is 6.35. The summed E-state index contributed by atoms with van der Waals surface area (Å²) in [6.45, 7) is 3.79. The van der Waals surface area contributed by atoms with E-state index < -0.39 is 18.6 Å². The van der Waals surface area contributed by atoms with Gasteiger partial charge in [0.1, 0.15) is 11.9 Å². The third kappa shape index (κ3) is 7.05. The minimum atomic E-state index is -0.853. The lowest BCUT2D eigenvalue weighted by Crippen LogP contribution is -2.42. The molecule has 0 aliphatic heterocycles. The van der Waals surface area contributed by atoms with E-state index in [0.717, 1.165) is 17.0 Å². The summed E-state index contributed by atoms with van der Waals surface area (Å²) in [5.74, 6) is -0.994. The van der Waals surface area contributed by atoms with E-state index >= 15 is 0 Å². The largest absolute Gasteiger partial charge is 0.456 e. The first kappa shape index (κ1) is 26.2. The number of hydrogen-bond acceptors (Lipinski definition) is 5. The van der Waals surface area contributed by atoms with Crippen LogP contribution in [0.2, 0.25) is 0 Å². The van der Waals surface area contributed by atoms with Crippen LogP contribution in [-0.4, -0.2) is 46.9 Å². The number of ether oxygens (including phenoxy) is 1. The van der Waals surface area contributed by atoms with E-state index in [9.17, 15) is 18.8 Å². The van der Waals surface area contributed by atoms with Gasteiger partial charge in [-0.25, -0.2) is 9.18 Å². The van der Waals surface area contributed by atoms with Crippen molar-refractivity contribution in [3.63, 3.8) is 0 Å². The number of rotatable bonds is 11. The first-order valence-corrected chi connectivity index (χ1v) is 12.7. The number of hydrogen-bond donors (Lipinski definition) is 1. The van der Waals surface area contributed by atoms with Crippen molar-refractivity contribution in [3.8, 4) is 0 Å². The van der Waals surface area contributed by atoms with Crippen molar-refractivity contribution in [2.24, 2.45) is 0 Å². The number of benzene rings is 2. The highest BCUT2D eigenvalue weighted by molar-refractivity contribution is 7.98. The predicted octanol–water partition coefficient (Wildman–Crippen LogP) is 4.57. The maximum absolute atomic E-state index is 13.2. The molecule has 0 radical (unpaired) electrons. The van der Waals surface area contributed by atoms with Crippen LogP contribution in [-0.2, 0) is 16.1 Å². The fourth-order valence-electron chi connectivity index (χ4n) is 3.73. The lowest BCUT2D eigenvalue weighted by atomic mass is 10.1. The smallest absolute Gasteiger partial charge is 0.329 e. The highest BCUT2D eigenvalue weighted by Crippen LogP contribution is 2.18. The summed E-state index contributed by atoms with van der Waals surface area (Å²) in [4.78, 5) is 38.1. The molecule has 1 amide bonds. The molecule has 0 aliphatic carbocycles. The fourth-order valence-corrected chi connectivity index (χ4v) is 4.20. The zero-order valence-corrected chi connectivity index (χ0v) is 20.9. The molecule has 184 valence electrons. The van der Waals surface area contributed by atoms with Crippen molar-refractivity contribution in [3.05, 3.63) is 94.6 Å². The number of carbonyl (C=O) groups excluding carboxylic acids is 3. The number of carbonyl (C=O) groups is 3. The van der Waals surface area contributed by atoms with Gasteiger partial charge in [-0.2, -0.15) is 11.8 Å². The molecule has 0 bridgehead atoms. The maximum atomic E-state index is 13.2. The number of ketones is 1. The van der Waals surface area contributed by atoms with E-state index in [1.807, 2.05) is 24.7 Å². The van der Waals surface area contributed by atoms with Gasteiger partial charge in [0, 0.05) is 29.1 Å². The van der Waals surface area contributed by atoms with Gasteiger partial charge in [-0.15, -0.1) is 0 Å². The molecule has 6 nitrogen and oxygen atoms in total. The van der Waals surface area contributed by atoms with Crippen LogP contribution in [0.4, 0.5) is 4.39 Å². The van der Waals surface area contributed by atoms with Crippen molar-refractivity contribution in [1.82, 2.24) is 9.88 Å². The van der Waals surface area contributed by atoms with Crippen LogP contribution in [0.25, 0.3) is 0 Å². The Balaban J connectivity index is 1.64. The average molecular weight is 497 g/mol. The number of aryl methyl sites for hydroxylation is 1. The molecular formula is C27H29FN2O4S. The number of thioether (sulfide) groups is 1. The van der Waals surface area contributed by atoms with Crippen LogP contribution < -0.4 is 5.32 Å². The van der Waals surface area contributed by atoms with Crippen LogP contribution in [0.1, 0.15) is 44.1 Å². The van der Waals surface area contributed by atoms with Gasteiger partial charge in [0.05, 0.1) is 0 Å². The molecule has 0 fully saturated rings. The molecular weight excluding hydrogens is 467 g/mol. The standard InChI is InChI=1S/C27H29FN2O4S/c1-18-15-23(19(2)30(18)16-20-9-11-22(28)12-10-20)25(31)17-34-27(33)24(13-14-35-3)29-26(32)21-7-5-4-6-8-21/h4-12,15,24H,13-14,16-17H2,1-3H3,(H,29,32). The van der Waals surface area contributed by atoms with E-state index in [4.69, 9.17) is 4.74 Å². The van der Waals surface area contributed by atoms with Crippen LogP contribution >= 0.6 is 11.8 Å². The number of Topliss-reactive ketones (excluding diaryl/α,β-unsaturated/α-hetero) is 1. The van der Waals surface area contributed by atoms with E-state index in [0.29, 0.717) is 29.8 Å². The lowest BCUT2D eigenvalue weighted by molar-refractivity contribution is -0.144. The van der Waals surface area contributed by atoms with Crippen molar-refractivity contribution in [1.29, 1.82) is 0 Å². The zero-order chi connectivity index (χ0) is 25.4. The Morgan fingerprint density at radius 3 is 2.40 bits per heavy atom. The van der Waals surface area contributed by atoms with E-state index in [1.165, 1.54) is 12.1 Å². The summed E-state index contributed by atoms with van der Waals surface area (Å²) in [6.07, 6.45) is 2.30. The van der Waals surface area contributed by atoms with Gasteiger partial charge in [-0.05, 0) is 68.2 Å². The summed E-state index contributed by atoms with van der Waals surface area (Å²) < 4.78 is 20.5. The summed E-state index contributed by atoms with van der Waals surface area (Å²) in [5.41, 5.74) is 3.42. The molecule has 2 aromatic carbocycles. The summed E-state index contributed by atoms with van der Waals surface area (Å²) >= 11 is 1.55. The van der Waals surface area contributed by atoms with Crippen LogP contribution in [0.5, 0.6) is 0 Å². The summed E-state index contributed by atoms with van der Waals surface area (Å²) in [6, 6.07) is 15.7. The zero-order valence-electron chi connectivity index (χ0n) is 20.0. The summed E-state index contributed by atoms with van der Waals surface area (Å²) in [5, 5.41) is 2.72. The normalized spacial score (nSPS) is 11.7. The van der Waals surface area contributed by atoms with Crippen LogP contribution in [0, 0.1) is 19.7 Å². The SMILES string of the molecule is CSCCC(NC(=O)c1ccccc1)C(=O)OCC(=O)c1cc(C)n(Cc2ccc(F)cc2)c1C. The predicted molar refractivity (Wildman–Crippen MR) is 135 cm³/mol. The second-order valence-electron chi connectivity index (χ2n) is 8.20. The Labute approximate surface area is 208 Å². The Hall–Kier alpha value is -3.39. The quantitative estimate of drug-likeness (QED) is 0.311. The Bertz CT molecular complexity index is 1180. The maximum Gasteiger partial charge on any atom is 0.329 e. The second-order valence-corrected chi connectivity index (χ2v) is 9.19. The van der Waals surface area contributed by atoms with Gasteiger partial charge in [0.15, 0.2) is 6.61 Å². The highest BCUT2D eigenvalue weighted by Gasteiger charge is 2.24. The van der Waals surface area contributed by atoms with Gasteiger partial charge in [0.2, 0.25) is 5.78 Å². The molecule has 35 heavy (non-hydrogen) atoms. The van der Waals surface area contributed by atoms with E-state index in [2.05, 4.69) is 5.32 Å². The first-order valence-electron chi connectivity index (χ1n) is 11.3. The molecule has 8 heteroatoms. The Kier molecular flexibility index (Phi) is 9.25. The van der Waals surface area contributed by atoms with Crippen molar-refractivity contribution >= 4 is 29.4 Å². The number of aromatic nitrogens is 1. The molecule has 1 atom stereocenters. The fraction of sp³-hybridized carbons (Fsp3) is 0.296. The van der Waals surface area contributed by atoms with Gasteiger partial charge in [0.25, 0.3) is 5.91 Å². The summed E-state index contributed by atoms with van der Waals surface area (Å²) in [7, 11) is 0. The van der Waals surface area contributed by atoms with E-state index in [-0.39, 0.29) is 17.5 Å². The Morgan fingerprint density at radius 2 is 1.74 bits per heavy atom. The number of halogens is 1. The van der Waals surface area contributed by atoms with Crippen molar-refractivity contribution in [2.45, 2.75) is 32.9 Å². The van der Waals surface area contributed by atoms with Gasteiger partial charge >= 0.3 is 5.97 Å². The third-order valence-electron chi connectivity index (χ3n) is 5.71. The lowest BCUT2D eigenvalue weighted by Gasteiger charge is -2.17. The van der Waals surface area contributed by atoms with Gasteiger partial charge in [-0.3, -0.25) is 9.59 Å². The van der Waals surface area contributed by atoms with Crippen LogP contribution in [0.3, 0.4) is 0 Å². The molecule has 3 rings (SSSR count). The van der Waals surface area contributed by atoms with Gasteiger partial charge in [-0.1, -0.05) is 30.3 Å². The van der Waals surface area contributed by atoms with Gasteiger partial charge < -0.3 is 14.6 Å². The molecule has 1 heterocycles. The molecule has 0 saturated heterocycles.